The highest BCUT2D eigenvalue weighted by Crippen LogP contribution is 2.23. The second kappa shape index (κ2) is 8.12. The van der Waals surface area contributed by atoms with E-state index in [4.69, 9.17) is 0 Å². The summed E-state index contributed by atoms with van der Waals surface area (Å²) in [4.78, 5) is 12.6. The molecule has 1 aromatic rings. The van der Waals surface area contributed by atoms with E-state index < -0.39 is 10.0 Å². The Morgan fingerprint density at radius 1 is 1.21 bits per heavy atom. The maximum atomic E-state index is 12.6. The van der Waals surface area contributed by atoms with Gasteiger partial charge in [0.2, 0.25) is 15.9 Å². The first kappa shape index (κ1) is 18.9. The maximum Gasteiger partial charge on any atom is 0.223 e. The standard InChI is InChI=1S/C18H28N2O3S/c1-4-17(15-8-6-14(3)7-9-15)19-18(21)16-10-12-20(13-11-16)24(22,23)5-2/h6-9,16-17H,4-5,10-13H2,1-3H3,(H,19,21)/t17-/m1/s1. The predicted octanol–water partition coefficient (Wildman–Crippen LogP) is 2.62. The third kappa shape index (κ3) is 4.57. The number of hydrogen-bond donors (Lipinski definition) is 1. The van der Waals surface area contributed by atoms with E-state index >= 15 is 0 Å². The molecule has 0 spiro atoms. The zero-order valence-corrected chi connectivity index (χ0v) is 15.6. The van der Waals surface area contributed by atoms with Crippen molar-refractivity contribution in [3.8, 4) is 0 Å². The molecule has 0 aromatic heterocycles. The third-order valence-electron chi connectivity index (χ3n) is 4.79. The van der Waals surface area contributed by atoms with Crippen molar-refractivity contribution in [3.63, 3.8) is 0 Å². The highest BCUT2D eigenvalue weighted by atomic mass is 32.2. The average molecular weight is 353 g/mol. The molecule has 5 nitrogen and oxygen atoms in total. The van der Waals surface area contributed by atoms with Crippen molar-refractivity contribution in [2.24, 2.45) is 5.92 Å². The Morgan fingerprint density at radius 2 is 1.79 bits per heavy atom. The van der Waals surface area contributed by atoms with Gasteiger partial charge in [0.25, 0.3) is 0 Å². The fraction of sp³-hybridized carbons (Fsp3) is 0.611. The molecule has 1 atom stereocenters. The first-order valence-corrected chi connectivity index (χ1v) is 10.3. The van der Waals surface area contributed by atoms with Gasteiger partial charge in [0.05, 0.1) is 11.8 Å². The third-order valence-corrected chi connectivity index (χ3v) is 6.67. The molecule has 0 bridgehead atoms. The highest BCUT2D eigenvalue weighted by molar-refractivity contribution is 7.89. The van der Waals surface area contributed by atoms with Gasteiger partial charge in [0, 0.05) is 19.0 Å². The normalized spacial score (nSPS) is 18.3. The van der Waals surface area contributed by atoms with Crippen LogP contribution in [0.1, 0.15) is 50.3 Å². The molecule has 1 heterocycles. The van der Waals surface area contributed by atoms with Gasteiger partial charge in [-0.1, -0.05) is 36.8 Å². The molecule has 2 rings (SSSR count). The quantitative estimate of drug-likeness (QED) is 0.856. The molecule has 134 valence electrons. The number of benzene rings is 1. The number of hydrogen-bond acceptors (Lipinski definition) is 3. The molecule has 1 aliphatic rings. The predicted molar refractivity (Wildman–Crippen MR) is 96.1 cm³/mol. The zero-order chi connectivity index (χ0) is 17.7. The Hall–Kier alpha value is -1.40. The molecule has 0 aliphatic carbocycles. The van der Waals surface area contributed by atoms with Crippen molar-refractivity contribution in [1.29, 1.82) is 0 Å². The monoisotopic (exact) mass is 352 g/mol. The van der Waals surface area contributed by atoms with E-state index in [1.54, 1.807) is 6.92 Å². The summed E-state index contributed by atoms with van der Waals surface area (Å²) in [5.74, 6) is 0.0543. The van der Waals surface area contributed by atoms with E-state index in [1.165, 1.54) is 9.87 Å². The molecule has 0 radical (unpaired) electrons. The second-order valence-electron chi connectivity index (χ2n) is 6.45. The van der Waals surface area contributed by atoms with E-state index in [0.717, 1.165) is 12.0 Å². The van der Waals surface area contributed by atoms with Crippen molar-refractivity contribution in [1.82, 2.24) is 9.62 Å². The van der Waals surface area contributed by atoms with Gasteiger partial charge in [0.1, 0.15) is 0 Å². The Morgan fingerprint density at radius 3 is 2.29 bits per heavy atom. The number of nitrogens with zero attached hydrogens (tertiary/aromatic N) is 1. The number of aryl methyl sites for hydroxylation is 1. The first-order chi connectivity index (χ1) is 11.4. The summed E-state index contributed by atoms with van der Waals surface area (Å²) in [6, 6.07) is 8.23. The van der Waals surface area contributed by atoms with E-state index in [1.807, 2.05) is 6.92 Å². The van der Waals surface area contributed by atoms with Crippen LogP contribution in [-0.4, -0.2) is 37.5 Å². The van der Waals surface area contributed by atoms with E-state index in [9.17, 15) is 13.2 Å². The molecule has 0 saturated carbocycles. The van der Waals surface area contributed by atoms with E-state index in [2.05, 4.69) is 36.5 Å². The number of piperidine rings is 1. The molecule has 1 N–H and O–H groups in total. The fourth-order valence-corrected chi connectivity index (χ4v) is 4.22. The van der Waals surface area contributed by atoms with Crippen LogP contribution >= 0.6 is 0 Å². The summed E-state index contributed by atoms with van der Waals surface area (Å²) in [7, 11) is -3.14. The average Bonchev–Trinajstić information content (AvgIpc) is 2.60. The van der Waals surface area contributed by atoms with Crippen molar-refractivity contribution >= 4 is 15.9 Å². The topological polar surface area (TPSA) is 66.5 Å². The number of carbonyl (C=O) groups excluding carboxylic acids is 1. The molecule has 1 amide bonds. The molecule has 6 heteroatoms. The lowest BCUT2D eigenvalue weighted by Crippen LogP contribution is -2.44. The van der Waals surface area contributed by atoms with E-state index in [0.29, 0.717) is 25.9 Å². The summed E-state index contributed by atoms with van der Waals surface area (Å²) >= 11 is 0. The maximum absolute atomic E-state index is 12.6. The lowest BCUT2D eigenvalue weighted by atomic mass is 9.95. The number of carbonyl (C=O) groups is 1. The molecule has 1 aliphatic heterocycles. The molecule has 0 unspecified atom stereocenters. The number of nitrogens with one attached hydrogen (secondary N) is 1. The Bertz CT molecular complexity index is 647. The van der Waals surface area contributed by atoms with Crippen LogP contribution in [0.2, 0.25) is 0 Å². The minimum Gasteiger partial charge on any atom is -0.349 e. The molecule has 1 fully saturated rings. The van der Waals surface area contributed by atoms with Crippen LogP contribution in [0, 0.1) is 12.8 Å². The lowest BCUT2D eigenvalue weighted by molar-refractivity contribution is -0.126. The van der Waals surface area contributed by atoms with Crippen molar-refractivity contribution in [3.05, 3.63) is 35.4 Å². The van der Waals surface area contributed by atoms with Gasteiger partial charge >= 0.3 is 0 Å². The van der Waals surface area contributed by atoms with Gasteiger partial charge in [-0.3, -0.25) is 4.79 Å². The molecule has 24 heavy (non-hydrogen) atoms. The minimum absolute atomic E-state index is 0.00973. The summed E-state index contributed by atoms with van der Waals surface area (Å²) in [5, 5.41) is 3.13. The van der Waals surface area contributed by atoms with E-state index in [-0.39, 0.29) is 23.6 Å². The van der Waals surface area contributed by atoms with Crippen molar-refractivity contribution < 1.29 is 13.2 Å². The van der Waals surface area contributed by atoms with Gasteiger partial charge in [-0.25, -0.2) is 12.7 Å². The minimum atomic E-state index is -3.14. The second-order valence-corrected chi connectivity index (χ2v) is 8.71. The molecule has 1 saturated heterocycles. The van der Waals surface area contributed by atoms with Crippen LogP contribution in [0.5, 0.6) is 0 Å². The zero-order valence-electron chi connectivity index (χ0n) is 14.8. The summed E-state index contributed by atoms with van der Waals surface area (Å²) in [5.41, 5.74) is 2.31. The number of amides is 1. The summed E-state index contributed by atoms with van der Waals surface area (Å²) < 4.78 is 25.3. The Labute approximate surface area is 145 Å². The van der Waals surface area contributed by atoms with Gasteiger partial charge in [-0.2, -0.15) is 0 Å². The smallest absolute Gasteiger partial charge is 0.223 e. The Kier molecular flexibility index (Phi) is 6.40. The fourth-order valence-electron chi connectivity index (χ4n) is 3.09. The summed E-state index contributed by atoms with van der Waals surface area (Å²) in [6.07, 6.45) is 2.02. The SMILES string of the molecule is CC[C@@H](NC(=O)C1CCN(S(=O)(=O)CC)CC1)c1ccc(C)cc1. The van der Waals surface area contributed by atoms with Gasteiger partial charge < -0.3 is 5.32 Å². The van der Waals surface area contributed by atoms with Crippen LogP contribution < -0.4 is 5.32 Å². The Balaban J connectivity index is 1.94. The highest BCUT2D eigenvalue weighted by Gasteiger charge is 2.30. The van der Waals surface area contributed by atoms with Gasteiger partial charge in [0.15, 0.2) is 0 Å². The summed E-state index contributed by atoms with van der Waals surface area (Å²) in [6.45, 7) is 6.63. The van der Waals surface area contributed by atoms with Crippen LogP contribution in [-0.2, 0) is 14.8 Å². The lowest BCUT2D eigenvalue weighted by Gasteiger charge is -2.31. The van der Waals surface area contributed by atoms with Gasteiger partial charge in [-0.15, -0.1) is 0 Å². The molecular weight excluding hydrogens is 324 g/mol. The van der Waals surface area contributed by atoms with Crippen LogP contribution in [0.15, 0.2) is 24.3 Å². The number of rotatable bonds is 6. The largest absolute Gasteiger partial charge is 0.349 e. The van der Waals surface area contributed by atoms with Crippen LogP contribution in [0.4, 0.5) is 0 Å². The number of sulfonamides is 1. The molecular formula is C18H28N2O3S. The first-order valence-electron chi connectivity index (χ1n) is 8.72. The van der Waals surface area contributed by atoms with Crippen LogP contribution in [0.3, 0.4) is 0 Å². The van der Waals surface area contributed by atoms with Crippen LogP contribution in [0.25, 0.3) is 0 Å². The van der Waals surface area contributed by atoms with Gasteiger partial charge in [-0.05, 0) is 38.7 Å². The molecule has 1 aromatic carbocycles. The van der Waals surface area contributed by atoms with Crippen molar-refractivity contribution in [2.45, 2.75) is 46.1 Å². The van der Waals surface area contributed by atoms with Crippen molar-refractivity contribution in [2.75, 3.05) is 18.8 Å².